The summed E-state index contributed by atoms with van der Waals surface area (Å²) in [7, 11) is -10.4. The quantitative estimate of drug-likeness (QED) is 0.195. The average molecular weight is 592 g/mol. The predicted octanol–water partition coefficient (Wildman–Crippen LogP) is 10.1. The van der Waals surface area contributed by atoms with Gasteiger partial charge in [0.1, 0.15) is 17.2 Å². The Morgan fingerprint density at radius 2 is 0.667 bits per heavy atom. The lowest BCUT2D eigenvalue weighted by atomic mass is 10.2. The standard InChI is InChI=1S/C27H36N3O6P3/c1-7-31-37(34-25-16-10-22(4)11-17-25)28-38(32-8-2,35-26-18-12-23(5)13-19-26)30-39(29-37,33-9-3)36-27-20-14-24(6)15-21-27/h10-21H,7-9H2,1-6H3. The number of aryl methyl sites for hydroxylation is 3. The van der Waals surface area contributed by atoms with Crippen LogP contribution in [0.15, 0.2) is 86.3 Å². The summed E-state index contributed by atoms with van der Waals surface area (Å²) in [5.74, 6) is 1.64. The molecule has 0 aliphatic carbocycles. The molecule has 0 aromatic heterocycles. The van der Waals surface area contributed by atoms with Gasteiger partial charge >= 0.3 is 23.0 Å². The molecule has 3 aromatic rings. The fourth-order valence-electron chi connectivity index (χ4n) is 3.54. The lowest BCUT2D eigenvalue weighted by Crippen LogP contribution is -2.08. The third kappa shape index (κ3) is 7.64. The molecular weight excluding hydrogens is 555 g/mol. The Morgan fingerprint density at radius 1 is 0.436 bits per heavy atom. The summed E-state index contributed by atoms with van der Waals surface area (Å²) < 4.78 is 53.1. The van der Waals surface area contributed by atoms with E-state index in [2.05, 4.69) is 0 Å². The number of rotatable bonds is 12. The fourth-order valence-corrected chi connectivity index (χ4v) is 12.8. The van der Waals surface area contributed by atoms with Crippen LogP contribution >= 0.6 is 23.0 Å². The molecule has 0 saturated heterocycles. The van der Waals surface area contributed by atoms with Crippen molar-refractivity contribution >= 4 is 23.0 Å². The molecule has 12 heteroatoms. The van der Waals surface area contributed by atoms with Gasteiger partial charge in [-0.1, -0.05) is 53.1 Å². The largest absolute Gasteiger partial charge is 0.422 e. The molecule has 3 aromatic carbocycles. The lowest BCUT2D eigenvalue weighted by Gasteiger charge is -2.32. The second-order valence-corrected chi connectivity index (χ2v) is 15.1. The van der Waals surface area contributed by atoms with Gasteiger partial charge in [0.05, 0.1) is 19.8 Å². The third-order valence-corrected chi connectivity index (χ3v) is 13.9. The molecule has 0 radical (unpaired) electrons. The van der Waals surface area contributed by atoms with Crippen molar-refractivity contribution in [3.05, 3.63) is 89.5 Å². The van der Waals surface area contributed by atoms with Crippen molar-refractivity contribution in [2.45, 2.75) is 41.5 Å². The van der Waals surface area contributed by atoms with E-state index < -0.39 is 23.0 Å². The van der Waals surface area contributed by atoms with Crippen molar-refractivity contribution in [2.24, 2.45) is 13.5 Å². The zero-order chi connectivity index (χ0) is 27.9. The van der Waals surface area contributed by atoms with E-state index in [0.29, 0.717) is 17.2 Å². The molecule has 9 nitrogen and oxygen atoms in total. The van der Waals surface area contributed by atoms with Crippen LogP contribution in [0.5, 0.6) is 17.2 Å². The van der Waals surface area contributed by atoms with Crippen molar-refractivity contribution in [1.29, 1.82) is 0 Å². The molecule has 0 fully saturated rings. The lowest BCUT2D eigenvalue weighted by molar-refractivity contribution is 0.300. The van der Waals surface area contributed by atoms with Crippen molar-refractivity contribution in [3.8, 4) is 17.2 Å². The van der Waals surface area contributed by atoms with Crippen molar-refractivity contribution in [3.63, 3.8) is 0 Å². The summed E-state index contributed by atoms with van der Waals surface area (Å²) in [5, 5.41) is 0. The molecule has 210 valence electrons. The Bertz CT molecular complexity index is 1230. The molecule has 0 saturated carbocycles. The van der Waals surface area contributed by atoms with Crippen LogP contribution in [0, 0.1) is 20.8 Å². The van der Waals surface area contributed by atoms with E-state index >= 15 is 0 Å². The Morgan fingerprint density at radius 3 is 0.872 bits per heavy atom. The SMILES string of the molecule is CCOP1(Oc2ccc(C)cc2)=NP(OCC)(Oc2ccc(C)cc2)=NP(OCC)(Oc2ccc(C)cc2)=N1. The second kappa shape index (κ2) is 12.9. The summed E-state index contributed by atoms with van der Waals surface area (Å²) >= 11 is 0. The Balaban J connectivity index is 1.97. The first kappa shape index (κ1) is 29.6. The Labute approximate surface area is 231 Å². The molecule has 1 heterocycles. The van der Waals surface area contributed by atoms with Gasteiger partial charge in [0, 0.05) is 0 Å². The molecule has 0 unspecified atom stereocenters. The van der Waals surface area contributed by atoms with E-state index in [9.17, 15) is 0 Å². The fraction of sp³-hybridized carbons (Fsp3) is 0.333. The van der Waals surface area contributed by atoms with E-state index in [1.54, 1.807) is 0 Å². The summed E-state index contributed by atoms with van der Waals surface area (Å²) in [6.07, 6.45) is 0. The zero-order valence-corrected chi connectivity index (χ0v) is 25.9. The minimum atomic E-state index is -3.47. The molecule has 0 bridgehead atoms. The summed E-state index contributed by atoms with van der Waals surface area (Å²) in [4.78, 5) is 0. The van der Waals surface area contributed by atoms with Gasteiger partial charge in [-0.15, -0.1) is 13.5 Å². The van der Waals surface area contributed by atoms with Gasteiger partial charge in [-0.25, -0.2) is 0 Å². The molecule has 0 amide bonds. The highest BCUT2D eigenvalue weighted by molar-refractivity contribution is 7.78. The van der Waals surface area contributed by atoms with Gasteiger partial charge in [-0.2, -0.15) is 0 Å². The smallest absolute Gasteiger partial charge is 0.404 e. The topological polar surface area (TPSA) is 92.5 Å². The van der Waals surface area contributed by atoms with Crippen molar-refractivity contribution in [1.82, 2.24) is 0 Å². The molecule has 1 aliphatic heterocycles. The Hall–Kier alpha value is -2.37. The average Bonchev–Trinajstić information content (AvgIpc) is 2.88. The van der Waals surface area contributed by atoms with Crippen molar-refractivity contribution < 1.29 is 27.1 Å². The van der Waals surface area contributed by atoms with Crippen LogP contribution in [0.1, 0.15) is 37.5 Å². The highest BCUT2D eigenvalue weighted by Gasteiger charge is 2.45. The highest BCUT2D eigenvalue weighted by atomic mass is 31.3. The maximum atomic E-state index is 6.49. The molecule has 0 N–H and O–H groups in total. The van der Waals surface area contributed by atoms with Crippen LogP contribution in [0.2, 0.25) is 0 Å². The number of benzene rings is 3. The van der Waals surface area contributed by atoms with Gasteiger partial charge in [0.2, 0.25) is 0 Å². The van der Waals surface area contributed by atoms with Crippen molar-refractivity contribution in [2.75, 3.05) is 19.8 Å². The first-order valence-electron chi connectivity index (χ1n) is 12.9. The van der Waals surface area contributed by atoms with Crippen LogP contribution < -0.4 is 13.6 Å². The predicted molar refractivity (Wildman–Crippen MR) is 158 cm³/mol. The minimum Gasteiger partial charge on any atom is -0.422 e. The first-order chi connectivity index (χ1) is 18.7. The van der Waals surface area contributed by atoms with Crippen LogP contribution in [0.25, 0.3) is 0 Å². The van der Waals surface area contributed by atoms with Gasteiger partial charge < -0.3 is 13.6 Å². The van der Waals surface area contributed by atoms with Crippen LogP contribution in [-0.2, 0) is 13.6 Å². The maximum absolute atomic E-state index is 6.49. The molecule has 0 spiro atoms. The van der Waals surface area contributed by atoms with E-state index in [4.69, 9.17) is 40.7 Å². The van der Waals surface area contributed by atoms with E-state index in [1.807, 2.05) is 114 Å². The number of nitrogens with zero attached hydrogens (tertiary/aromatic N) is 3. The number of hydrogen-bond acceptors (Lipinski definition) is 9. The van der Waals surface area contributed by atoms with Gasteiger partial charge in [-0.3, -0.25) is 13.6 Å². The van der Waals surface area contributed by atoms with Crippen LogP contribution in [0.4, 0.5) is 0 Å². The van der Waals surface area contributed by atoms with E-state index in [0.717, 1.165) is 16.7 Å². The van der Waals surface area contributed by atoms with Gasteiger partial charge in [0.25, 0.3) is 0 Å². The number of hydrogen-bond donors (Lipinski definition) is 0. The molecule has 39 heavy (non-hydrogen) atoms. The normalized spacial score (nSPS) is 24.2. The molecule has 4 rings (SSSR count). The zero-order valence-electron chi connectivity index (χ0n) is 23.2. The highest BCUT2D eigenvalue weighted by Crippen LogP contribution is 2.79. The van der Waals surface area contributed by atoms with Gasteiger partial charge in [-0.05, 0) is 77.9 Å². The van der Waals surface area contributed by atoms with E-state index in [1.165, 1.54) is 0 Å². The Kier molecular flexibility index (Phi) is 9.77. The van der Waals surface area contributed by atoms with Crippen LogP contribution in [0.3, 0.4) is 0 Å². The first-order valence-corrected chi connectivity index (χ1v) is 17.5. The summed E-state index contributed by atoms with van der Waals surface area (Å²) in [5.41, 5.74) is 3.28. The maximum Gasteiger partial charge on any atom is 0.404 e. The van der Waals surface area contributed by atoms with Crippen LogP contribution in [-0.4, -0.2) is 19.8 Å². The summed E-state index contributed by atoms with van der Waals surface area (Å²) in [6.45, 7) is 12.4. The second-order valence-electron chi connectivity index (χ2n) is 8.71. The molecular formula is C27H36N3O6P3. The monoisotopic (exact) mass is 591 g/mol. The minimum absolute atomic E-state index is 0.278. The third-order valence-electron chi connectivity index (χ3n) is 5.31. The molecule has 1 aliphatic rings. The molecule has 0 atom stereocenters. The van der Waals surface area contributed by atoms with Gasteiger partial charge in [0.15, 0.2) is 0 Å². The van der Waals surface area contributed by atoms with E-state index in [-0.39, 0.29) is 19.8 Å². The summed E-state index contributed by atoms with van der Waals surface area (Å²) in [6, 6.07) is 22.9.